The van der Waals surface area contributed by atoms with Crippen molar-refractivity contribution in [2.45, 2.75) is 199 Å². The van der Waals surface area contributed by atoms with Gasteiger partial charge in [-0.1, -0.05) is 161 Å². The van der Waals surface area contributed by atoms with Gasteiger partial charge in [0.05, 0.1) is 0 Å². The van der Waals surface area contributed by atoms with Crippen LogP contribution in [0.2, 0.25) is 0 Å². The number of rotatable bonds is 26. The second-order valence-corrected chi connectivity index (χ2v) is 11.3. The van der Waals surface area contributed by atoms with Crippen molar-refractivity contribution < 1.29 is 9.53 Å². The van der Waals surface area contributed by atoms with E-state index in [0.29, 0.717) is 6.42 Å². The Morgan fingerprint density at radius 3 is 1.18 bits per heavy atom. The number of unbranched alkanes of at least 4 members (excludes halogenated alkanes) is 24. The Morgan fingerprint density at radius 1 is 0.529 bits per heavy atom. The van der Waals surface area contributed by atoms with Crippen LogP contribution in [0.25, 0.3) is 0 Å². The van der Waals surface area contributed by atoms with E-state index >= 15 is 0 Å². The maximum atomic E-state index is 11.3. The third-order valence-electron chi connectivity index (χ3n) is 7.83. The minimum Gasteiger partial charge on any atom is -0.462 e. The summed E-state index contributed by atoms with van der Waals surface area (Å²) in [6.07, 6.45) is 40.0. The van der Waals surface area contributed by atoms with Crippen LogP contribution in [0.15, 0.2) is 0 Å². The lowest BCUT2D eigenvalue weighted by molar-refractivity contribution is -0.154. The van der Waals surface area contributed by atoms with E-state index in [1.54, 1.807) is 0 Å². The van der Waals surface area contributed by atoms with E-state index in [1.807, 2.05) is 0 Å². The monoisotopic (exact) mass is 478 g/mol. The van der Waals surface area contributed by atoms with E-state index in [2.05, 4.69) is 6.92 Å². The first kappa shape index (κ1) is 31.5. The Morgan fingerprint density at radius 2 is 0.853 bits per heavy atom. The molecule has 2 nitrogen and oxygen atoms in total. The number of esters is 1. The molecule has 1 aliphatic rings. The van der Waals surface area contributed by atoms with Gasteiger partial charge in [0.25, 0.3) is 0 Å². The molecule has 202 valence electrons. The third-order valence-corrected chi connectivity index (χ3v) is 7.83. The first-order valence-electron chi connectivity index (χ1n) is 16.0. The second-order valence-electron chi connectivity index (χ2n) is 11.3. The van der Waals surface area contributed by atoms with Gasteiger partial charge in [0, 0.05) is 6.42 Å². The molecular weight excluding hydrogens is 416 g/mol. The average Bonchev–Trinajstić information content (AvgIpc) is 2.84. The lowest BCUT2D eigenvalue weighted by atomic mass is 10.0. The summed E-state index contributed by atoms with van der Waals surface area (Å²) in [7, 11) is 0. The van der Waals surface area contributed by atoms with Crippen molar-refractivity contribution in [3.05, 3.63) is 0 Å². The summed E-state index contributed by atoms with van der Waals surface area (Å²) in [4.78, 5) is 11.3. The minimum atomic E-state index is 0.0239. The molecule has 2 heteroatoms. The Hall–Kier alpha value is -0.530. The third kappa shape index (κ3) is 22.0. The van der Waals surface area contributed by atoms with E-state index < -0.39 is 0 Å². The highest BCUT2D eigenvalue weighted by atomic mass is 16.5. The van der Waals surface area contributed by atoms with Crippen LogP contribution in [0.5, 0.6) is 0 Å². The standard InChI is InChI=1S/C32H62O2/c1-2-3-4-5-6-7-8-9-10-11-12-13-14-15-16-17-18-19-20-21-22-23-24-25-26-28-31-29-27-30-32(33)34-31/h31H,2-30H2,1H3. The lowest BCUT2D eigenvalue weighted by Gasteiger charge is -2.21. The molecule has 0 N–H and O–H groups in total. The fourth-order valence-corrected chi connectivity index (χ4v) is 5.49. The molecule has 0 aliphatic carbocycles. The van der Waals surface area contributed by atoms with E-state index in [1.165, 1.54) is 161 Å². The van der Waals surface area contributed by atoms with Crippen molar-refractivity contribution in [2.75, 3.05) is 0 Å². The molecule has 0 amide bonds. The largest absolute Gasteiger partial charge is 0.462 e. The van der Waals surface area contributed by atoms with Crippen LogP contribution in [-0.4, -0.2) is 12.1 Å². The second kappa shape index (κ2) is 25.6. The summed E-state index contributed by atoms with van der Waals surface area (Å²) in [5.41, 5.74) is 0. The zero-order valence-corrected chi connectivity index (χ0v) is 23.4. The molecule has 1 saturated heterocycles. The van der Waals surface area contributed by atoms with E-state index in [0.717, 1.165) is 19.3 Å². The normalized spacial score (nSPS) is 16.1. The van der Waals surface area contributed by atoms with E-state index in [4.69, 9.17) is 4.74 Å². The predicted molar refractivity (Wildman–Crippen MR) is 149 cm³/mol. The summed E-state index contributed by atoms with van der Waals surface area (Å²) in [5.74, 6) is 0.0239. The van der Waals surface area contributed by atoms with E-state index in [9.17, 15) is 4.79 Å². The van der Waals surface area contributed by atoms with Gasteiger partial charge in [0.1, 0.15) is 6.10 Å². The van der Waals surface area contributed by atoms with Crippen LogP contribution in [0.4, 0.5) is 0 Å². The van der Waals surface area contributed by atoms with Crippen molar-refractivity contribution in [3.8, 4) is 0 Å². The van der Waals surface area contributed by atoms with Crippen molar-refractivity contribution in [2.24, 2.45) is 0 Å². The van der Waals surface area contributed by atoms with Gasteiger partial charge in [-0.05, 0) is 25.7 Å². The highest BCUT2D eigenvalue weighted by molar-refractivity contribution is 5.70. The molecule has 0 saturated carbocycles. The Bertz CT molecular complexity index is 419. The molecule has 1 rings (SSSR count). The molecule has 1 heterocycles. The molecule has 0 aromatic carbocycles. The van der Waals surface area contributed by atoms with Gasteiger partial charge in [0.2, 0.25) is 0 Å². The smallest absolute Gasteiger partial charge is 0.306 e. The SMILES string of the molecule is CCCCCCCCCCCCCCCCCCCCCCCCCCCC1CCCC(=O)O1. The molecule has 1 atom stereocenters. The van der Waals surface area contributed by atoms with Crippen molar-refractivity contribution in [3.63, 3.8) is 0 Å². The van der Waals surface area contributed by atoms with Crippen molar-refractivity contribution >= 4 is 5.97 Å². The summed E-state index contributed by atoms with van der Waals surface area (Å²) < 4.78 is 5.40. The van der Waals surface area contributed by atoms with Crippen LogP contribution >= 0.6 is 0 Å². The van der Waals surface area contributed by atoms with Gasteiger partial charge in [-0.3, -0.25) is 4.79 Å². The summed E-state index contributed by atoms with van der Waals surface area (Å²) in [6.45, 7) is 2.30. The van der Waals surface area contributed by atoms with Crippen LogP contribution in [0.1, 0.15) is 193 Å². The summed E-state index contributed by atoms with van der Waals surface area (Å²) in [6, 6.07) is 0. The molecule has 0 aromatic heterocycles. The molecule has 1 unspecified atom stereocenters. The first-order valence-corrected chi connectivity index (χ1v) is 16.0. The van der Waals surface area contributed by atoms with Crippen molar-refractivity contribution in [1.82, 2.24) is 0 Å². The zero-order valence-electron chi connectivity index (χ0n) is 23.4. The van der Waals surface area contributed by atoms with Crippen molar-refractivity contribution in [1.29, 1.82) is 0 Å². The maximum Gasteiger partial charge on any atom is 0.306 e. The fourth-order valence-electron chi connectivity index (χ4n) is 5.49. The number of carbonyl (C=O) groups is 1. The molecule has 0 spiro atoms. The topological polar surface area (TPSA) is 26.3 Å². The van der Waals surface area contributed by atoms with Gasteiger partial charge < -0.3 is 4.74 Å². The highest BCUT2D eigenvalue weighted by Crippen LogP contribution is 2.20. The number of cyclic esters (lactones) is 1. The van der Waals surface area contributed by atoms with Crippen LogP contribution in [-0.2, 0) is 9.53 Å². The zero-order chi connectivity index (χ0) is 24.4. The van der Waals surface area contributed by atoms with Gasteiger partial charge in [0.15, 0.2) is 0 Å². The molecule has 0 aromatic rings. The first-order chi connectivity index (χ1) is 16.8. The van der Waals surface area contributed by atoms with E-state index in [-0.39, 0.29) is 12.1 Å². The predicted octanol–water partition coefficient (Wildman–Crippen LogP) is 11.2. The van der Waals surface area contributed by atoms with Gasteiger partial charge >= 0.3 is 5.97 Å². The van der Waals surface area contributed by atoms with Gasteiger partial charge in [-0.15, -0.1) is 0 Å². The summed E-state index contributed by atoms with van der Waals surface area (Å²) >= 11 is 0. The van der Waals surface area contributed by atoms with Gasteiger partial charge in [-0.2, -0.15) is 0 Å². The number of hydrogen-bond donors (Lipinski definition) is 0. The van der Waals surface area contributed by atoms with Gasteiger partial charge in [-0.25, -0.2) is 0 Å². The number of ether oxygens (including phenoxy) is 1. The van der Waals surface area contributed by atoms with Crippen LogP contribution in [0, 0.1) is 0 Å². The van der Waals surface area contributed by atoms with Crippen LogP contribution in [0.3, 0.4) is 0 Å². The number of carbonyl (C=O) groups excluding carboxylic acids is 1. The van der Waals surface area contributed by atoms with Crippen LogP contribution < -0.4 is 0 Å². The highest BCUT2D eigenvalue weighted by Gasteiger charge is 2.19. The molecule has 1 aliphatic heterocycles. The lowest BCUT2D eigenvalue weighted by Crippen LogP contribution is -2.23. The average molecular weight is 479 g/mol. The Kier molecular flexibility index (Phi) is 23.7. The molecule has 0 radical (unpaired) electrons. The Labute approximate surface area is 214 Å². The molecular formula is C32H62O2. The fraction of sp³-hybridized carbons (Fsp3) is 0.969. The number of hydrogen-bond acceptors (Lipinski definition) is 2. The molecule has 34 heavy (non-hydrogen) atoms. The quantitative estimate of drug-likeness (QED) is 0.0912. The molecule has 0 bridgehead atoms. The Balaban J connectivity index is 1.64. The maximum absolute atomic E-state index is 11.3. The molecule has 1 fully saturated rings. The summed E-state index contributed by atoms with van der Waals surface area (Å²) in [5, 5.41) is 0. The minimum absolute atomic E-state index is 0.0239.